The number of aliphatic carboxylic acids is 1. The Morgan fingerprint density at radius 2 is 1.76 bits per heavy atom. The zero-order chi connectivity index (χ0) is 14.8. The summed E-state index contributed by atoms with van der Waals surface area (Å²) in [6, 6.07) is 16.3. The first-order valence-electron chi connectivity index (χ1n) is 6.51. The lowest BCUT2D eigenvalue weighted by Gasteiger charge is -2.28. The van der Waals surface area contributed by atoms with Crippen molar-refractivity contribution in [2.75, 3.05) is 5.32 Å². The highest BCUT2D eigenvalue weighted by molar-refractivity contribution is 8.01. The van der Waals surface area contributed by atoms with E-state index in [-0.39, 0.29) is 5.91 Å². The number of carboxylic acid groups (broad SMARTS) is 1. The molecule has 4 nitrogen and oxygen atoms in total. The largest absolute Gasteiger partial charge is 0.481 e. The molecule has 2 N–H and O–H groups in total. The molecule has 3 rings (SSSR count). The monoisotopic (exact) mass is 299 g/mol. The summed E-state index contributed by atoms with van der Waals surface area (Å²) < 4.78 is 0. The quantitative estimate of drug-likeness (QED) is 0.914. The van der Waals surface area contributed by atoms with E-state index < -0.39 is 17.1 Å². The average Bonchev–Trinajstić information content (AvgIpc) is 2.49. The van der Waals surface area contributed by atoms with Gasteiger partial charge in [0, 0.05) is 4.90 Å². The van der Waals surface area contributed by atoms with Gasteiger partial charge in [0.25, 0.3) is 0 Å². The number of rotatable bonds is 3. The van der Waals surface area contributed by atoms with Crippen LogP contribution in [-0.2, 0) is 9.59 Å². The number of benzene rings is 2. The number of amides is 1. The number of carboxylic acids is 1. The van der Waals surface area contributed by atoms with Crippen molar-refractivity contribution >= 4 is 29.3 Å². The van der Waals surface area contributed by atoms with Crippen molar-refractivity contribution in [1.29, 1.82) is 0 Å². The van der Waals surface area contributed by atoms with Crippen LogP contribution in [0.3, 0.4) is 0 Å². The van der Waals surface area contributed by atoms with E-state index >= 15 is 0 Å². The SMILES string of the molecule is O=C1Nc2ccccc2S[C@@H]1[C@@H](C(=O)O)c1ccccc1. The summed E-state index contributed by atoms with van der Waals surface area (Å²) >= 11 is 1.30. The Balaban J connectivity index is 1.98. The minimum Gasteiger partial charge on any atom is -0.481 e. The second kappa shape index (κ2) is 5.61. The molecule has 1 amide bonds. The number of carbonyl (C=O) groups excluding carboxylic acids is 1. The maximum Gasteiger partial charge on any atom is 0.312 e. The third-order valence-electron chi connectivity index (χ3n) is 3.38. The molecular weight excluding hydrogens is 286 g/mol. The fourth-order valence-electron chi connectivity index (χ4n) is 2.39. The summed E-state index contributed by atoms with van der Waals surface area (Å²) in [5.41, 5.74) is 1.37. The molecule has 0 aliphatic carbocycles. The highest BCUT2D eigenvalue weighted by Crippen LogP contribution is 2.41. The molecule has 0 unspecified atom stereocenters. The summed E-state index contributed by atoms with van der Waals surface area (Å²) in [6.45, 7) is 0. The van der Waals surface area contributed by atoms with Crippen LogP contribution in [0.2, 0.25) is 0 Å². The second-order valence-electron chi connectivity index (χ2n) is 4.75. The molecule has 0 saturated heterocycles. The van der Waals surface area contributed by atoms with Gasteiger partial charge in [-0.1, -0.05) is 42.5 Å². The van der Waals surface area contributed by atoms with Crippen molar-refractivity contribution in [3.8, 4) is 0 Å². The van der Waals surface area contributed by atoms with Crippen LogP contribution < -0.4 is 5.32 Å². The Labute approximate surface area is 126 Å². The van der Waals surface area contributed by atoms with Gasteiger partial charge in [-0.2, -0.15) is 0 Å². The summed E-state index contributed by atoms with van der Waals surface area (Å²) in [5, 5.41) is 11.7. The van der Waals surface area contributed by atoms with Crippen molar-refractivity contribution in [1.82, 2.24) is 0 Å². The molecule has 0 bridgehead atoms. The molecule has 0 saturated carbocycles. The molecule has 2 aromatic rings. The molecule has 0 spiro atoms. The minimum absolute atomic E-state index is 0.269. The number of hydrogen-bond donors (Lipinski definition) is 2. The van der Waals surface area contributed by atoms with E-state index in [1.165, 1.54) is 11.8 Å². The molecule has 21 heavy (non-hydrogen) atoms. The van der Waals surface area contributed by atoms with Crippen molar-refractivity contribution in [3.05, 3.63) is 60.2 Å². The van der Waals surface area contributed by atoms with Crippen LogP contribution in [0, 0.1) is 0 Å². The van der Waals surface area contributed by atoms with Crippen LogP contribution in [0.5, 0.6) is 0 Å². The molecule has 1 aliphatic rings. The van der Waals surface area contributed by atoms with E-state index in [1.54, 1.807) is 24.3 Å². The minimum atomic E-state index is -0.992. The van der Waals surface area contributed by atoms with E-state index in [4.69, 9.17) is 0 Å². The highest BCUT2D eigenvalue weighted by Gasteiger charge is 2.38. The average molecular weight is 299 g/mol. The lowest BCUT2D eigenvalue weighted by atomic mass is 9.95. The van der Waals surface area contributed by atoms with Crippen LogP contribution in [-0.4, -0.2) is 22.2 Å². The van der Waals surface area contributed by atoms with Gasteiger partial charge in [-0.25, -0.2) is 0 Å². The smallest absolute Gasteiger partial charge is 0.312 e. The van der Waals surface area contributed by atoms with Gasteiger partial charge in [-0.3, -0.25) is 9.59 Å². The lowest BCUT2D eigenvalue weighted by molar-refractivity contribution is -0.140. The van der Waals surface area contributed by atoms with Crippen LogP contribution in [0.15, 0.2) is 59.5 Å². The predicted octanol–water partition coefficient (Wildman–Crippen LogP) is 2.97. The normalized spacial score (nSPS) is 18.5. The van der Waals surface area contributed by atoms with Gasteiger partial charge in [-0.15, -0.1) is 11.8 Å². The van der Waals surface area contributed by atoms with Gasteiger partial charge >= 0.3 is 5.97 Å². The molecule has 2 aromatic carbocycles. The van der Waals surface area contributed by atoms with E-state index in [0.717, 1.165) is 10.6 Å². The first-order valence-corrected chi connectivity index (χ1v) is 7.39. The molecule has 0 fully saturated rings. The third kappa shape index (κ3) is 2.64. The van der Waals surface area contributed by atoms with E-state index in [2.05, 4.69) is 5.32 Å². The standard InChI is InChI=1S/C16H13NO3S/c18-15-14(21-12-9-5-4-8-11(12)17-15)13(16(19)20)10-6-2-1-3-7-10/h1-9,13-14H,(H,17,18)(H,19,20)/t13-,14+/m0/s1. The Bertz CT molecular complexity index is 687. The van der Waals surface area contributed by atoms with Gasteiger partial charge in [0.2, 0.25) is 5.91 Å². The first kappa shape index (κ1) is 13.7. The van der Waals surface area contributed by atoms with Crippen LogP contribution in [0.1, 0.15) is 11.5 Å². The van der Waals surface area contributed by atoms with Crippen molar-refractivity contribution in [2.45, 2.75) is 16.1 Å². The summed E-state index contributed by atoms with van der Waals surface area (Å²) in [4.78, 5) is 24.8. The van der Waals surface area contributed by atoms with Crippen molar-refractivity contribution in [3.63, 3.8) is 0 Å². The Morgan fingerprint density at radius 3 is 2.48 bits per heavy atom. The number of nitrogens with one attached hydrogen (secondary N) is 1. The van der Waals surface area contributed by atoms with Crippen molar-refractivity contribution < 1.29 is 14.7 Å². The fraction of sp³-hybridized carbons (Fsp3) is 0.125. The van der Waals surface area contributed by atoms with E-state index in [0.29, 0.717) is 5.56 Å². The molecule has 0 aromatic heterocycles. The summed E-state index contributed by atoms with van der Waals surface area (Å²) in [6.07, 6.45) is 0. The number of hydrogen-bond acceptors (Lipinski definition) is 3. The molecule has 5 heteroatoms. The molecule has 1 heterocycles. The molecule has 1 aliphatic heterocycles. The van der Waals surface area contributed by atoms with Gasteiger partial charge in [0.15, 0.2) is 0 Å². The summed E-state index contributed by atoms with van der Waals surface area (Å²) in [7, 11) is 0. The molecule has 106 valence electrons. The number of carbonyl (C=O) groups is 2. The summed E-state index contributed by atoms with van der Waals surface area (Å²) in [5.74, 6) is -2.13. The lowest BCUT2D eigenvalue weighted by Crippen LogP contribution is -2.37. The number of anilines is 1. The number of thioether (sulfide) groups is 1. The Morgan fingerprint density at radius 1 is 1.10 bits per heavy atom. The van der Waals surface area contributed by atoms with Crippen LogP contribution >= 0.6 is 11.8 Å². The van der Waals surface area contributed by atoms with E-state index in [9.17, 15) is 14.7 Å². The van der Waals surface area contributed by atoms with Crippen LogP contribution in [0.4, 0.5) is 5.69 Å². The van der Waals surface area contributed by atoms with E-state index in [1.807, 2.05) is 30.3 Å². The maximum absolute atomic E-state index is 12.3. The first-order chi connectivity index (χ1) is 10.2. The zero-order valence-corrected chi connectivity index (χ0v) is 11.8. The van der Waals surface area contributed by atoms with Gasteiger partial charge in [0.1, 0.15) is 11.2 Å². The van der Waals surface area contributed by atoms with Crippen molar-refractivity contribution in [2.24, 2.45) is 0 Å². The second-order valence-corrected chi connectivity index (χ2v) is 5.93. The predicted molar refractivity (Wildman–Crippen MR) is 81.5 cm³/mol. The molecular formula is C16H13NO3S. The van der Waals surface area contributed by atoms with Gasteiger partial charge < -0.3 is 10.4 Å². The third-order valence-corrected chi connectivity index (χ3v) is 4.73. The fourth-order valence-corrected chi connectivity index (χ4v) is 3.65. The molecule has 0 radical (unpaired) electrons. The molecule has 2 atom stereocenters. The number of para-hydroxylation sites is 1. The highest BCUT2D eigenvalue weighted by atomic mass is 32.2. The Kier molecular flexibility index (Phi) is 3.66. The van der Waals surface area contributed by atoms with Crippen LogP contribution in [0.25, 0.3) is 0 Å². The Hall–Kier alpha value is -2.27. The van der Waals surface area contributed by atoms with Gasteiger partial charge in [0.05, 0.1) is 5.69 Å². The van der Waals surface area contributed by atoms with Gasteiger partial charge in [-0.05, 0) is 17.7 Å². The maximum atomic E-state index is 12.3. The number of fused-ring (bicyclic) bond motifs is 1. The topological polar surface area (TPSA) is 66.4 Å². The zero-order valence-electron chi connectivity index (χ0n) is 11.0.